The van der Waals surface area contributed by atoms with E-state index in [9.17, 15) is 9.90 Å². The molecule has 0 saturated heterocycles. The van der Waals surface area contributed by atoms with Gasteiger partial charge in [0.15, 0.2) is 5.82 Å². The molecule has 0 radical (unpaired) electrons. The van der Waals surface area contributed by atoms with Crippen LogP contribution in [0.25, 0.3) is 0 Å². The molecule has 1 aliphatic rings. The molecule has 0 atom stereocenters. The lowest BCUT2D eigenvalue weighted by Crippen LogP contribution is -2.55. The van der Waals surface area contributed by atoms with E-state index < -0.39 is 11.6 Å². The average molecular weight is 255 g/mol. The van der Waals surface area contributed by atoms with Crippen LogP contribution in [0.15, 0.2) is 16.9 Å². The number of aromatic nitrogens is 1. The molecule has 0 aliphatic heterocycles. The number of aliphatic hydroxyl groups is 1. The zero-order chi connectivity index (χ0) is 13.0. The number of rotatable bonds is 5. The van der Waals surface area contributed by atoms with Gasteiger partial charge in [-0.25, -0.2) is 4.79 Å². The Morgan fingerprint density at radius 1 is 1.72 bits per heavy atom. The number of anilines is 1. The summed E-state index contributed by atoms with van der Waals surface area (Å²) in [6, 6.07) is 1.11. The first-order valence-electron chi connectivity index (χ1n) is 5.90. The summed E-state index contributed by atoms with van der Waals surface area (Å²) in [7, 11) is 0. The Morgan fingerprint density at radius 3 is 3.11 bits per heavy atom. The van der Waals surface area contributed by atoms with Crippen molar-refractivity contribution < 1.29 is 19.2 Å². The zero-order valence-electron chi connectivity index (χ0n) is 10.2. The summed E-state index contributed by atoms with van der Waals surface area (Å²) in [6.45, 7) is 2.75. The quantitative estimate of drug-likeness (QED) is 0.720. The molecule has 100 valence electrons. The van der Waals surface area contributed by atoms with Crippen molar-refractivity contribution in [2.24, 2.45) is 0 Å². The molecule has 2 rings (SSSR count). The van der Waals surface area contributed by atoms with Crippen molar-refractivity contribution >= 4 is 11.8 Å². The fourth-order valence-corrected chi connectivity index (χ4v) is 1.97. The molecule has 0 aromatic carbocycles. The fraction of sp³-hybridized carbons (Fsp3) is 0.636. The molecule has 3 N–H and O–H groups in total. The van der Waals surface area contributed by atoms with Crippen LogP contribution < -0.4 is 10.6 Å². The van der Waals surface area contributed by atoms with Crippen molar-refractivity contribution in [3.05, 3.63) is 12.3 Å². The summed E-state index contributed by atoms with van der Waals surface area (Å²) in [5.74, 6) is 0.334. The van der Waals surface area contributed by atoms with Gasteiger partial charge in [-0.1, -0.05) is 5.16 Å². The Labute approximate surface area is 104 Å². The molecule has 1 aromatic heterocycles. The Bertz CT molecular complexity index is 387. The van der Waals surface area contributed by atoms with Crippen molar-refractivity contribution in [3.8, 4) is 0 Å². The average Bonchev–Trinajstić information content (AvgIpc) is 2.77. The van der Waals surface area contributed by atoms with Crippen LogP contribution >= 0.6 is 0 Å². The van der Waals surface area contributed by atoms with E-state index >= 15 is 0 Å². The van der Waals surface area contributed by atoms with Gasteiger partial charge in [-0.2, -0.15) is 0 Å². The third-order valence-corrected chi connectivity index (χ3v) is 2.88. The van der Waals surface area contributed by atoms with Crippen LogP contribution in [0.4, 0.5) is 10.6 Å². The second-order valence-electron chi connectivity index (χ2n) is 4.40. The lowest BCUT2D eigenvalue weighted by molar-refractivity contribution is -0.133. The molecular formula is C11H17N3O4. The molecular weight excluding hydrogens is 238 g/mol. The number of urea groups is 1. The second kappa shape index (κ2) is 5.36. The van der Waals surface area contributed by atoms with Crippen molar-refractivity contribution in [3.63, 3.8) is 0 Å². The van der Waals surface area contributed by atoms with E-state index in [0.717, 1.165) is 0 Å². The molecule has 1 saturated carbocycles. The van der Waals surface area contributed by atoms with Gasteiger partial charge in [0.25, 0.3) is 0 Å². The molecule has 2 amide bonds. The minimum Gasteiger partial charge on any atom is -0.388 e. The number of hydrogen-bond donors (Lipinski definition) is 3. The molecule has 0 unspecified atom stereocenters. The summed E-state index contributed by atoms with van der Waals surface area (Å²) in [5.41, 5.74) is -0.860. The topological polar surface area (TPSA) is 96.6 Å². The summed E-state index contributed by atoms with van der Waals surface area (Å²) in [6.07, 6.45) is 2.55. The van der Waals surface area contributed by atoms with Crippen LogP contribution in [0.1, 0.15) is 19.8 Å². The van der Waals surface area contributed by atoms with E-state index in [-0.39, 0.29) is 12.6 Å². The van der Waals surface area contributed by atoms with Crippen molar-refractivity contribution in [2.45, 2.75) is 31.5 Å². The van der Waals surface area contributed by atoms with Crippen LogP contribution in [-0.2, 0) is 4.74 Å². The summed E-state index contributed by atoms with van der Waals surface area (Å²) in [5, 5.41) is 18.6. The SMILES string of the molecule is CCOC1CC(O)(CNC(=O)Nc2ccon2)C1. The number of carbonyl (C=O) groups is 1. The number of carbonyl (C=O) groups excluding carboxylic acids is 1. The van der Waals surface area contributed by atoms with Gasteiger partial charge in [0.1, 0.15) is 6.26 Å². The molecule has 7 heteroatoms. The molecule has 1 aromatic rings. The smallest absolute Gasteiger partial charge is 0.320 e. The maximum Gasteiger partial charge on any atom is 0.320 e. The Hall–Kier alpha value is -1.60. The predicted molar refractivity (Wildman–Crippen MR) is 63.1 cm³/mol. The second-order valence-corrected chi connectivity index (χ2v) is 4.40. The van der Waals surface area contributed by atoms with Gasteiger partial charge in [-0.15, -0.1) is 0 Å². The number of ether oxygens (including phenoxy) is 1. The first-order chi connectivity index (χ1) is 8.61. The number of nitrogens with zero attached hydrogens (tertiary/aromatic N) is 1. The third-order valence-electron chi connectivity index (χ3n) is 2.88. The minimum atomic E-state index is -0.860. The Balaban J connectivity index is 1.67. The van der Waals surface area contributed by atoms with Crippen LogP contribution in [0.2, 0.25) is 0 Å². The lowest BCUT2D eigenvalue weighted by Gasteiger charge is -2.43. The van der Waals surface area contributed by atoms with Crippen molar-refractivity contribution in [1.29, 1.82) is 0 Å². The van der Waals surface area contributed by atoms with Crippen molar-refractivity contribution in [2.75, 3.05) is 18.5 Å². The van der Waals surface area contributed by atoms with Crippen LogP contribution in [0, 0.1) is 0 Å². The Kier molecular flexibility index (Phi) is 3.83. The van der Waals surface area contributed by atoms with Gasteiger partial charge in [0, 0.05) is 32.1 Å². The van der Waals surface area contributed by atoms with E-state index in [1.165, 1.54) is 12.3 Å². The van der Waals surface area contributed by atoms with E-state index in [1.54, 1.807) is 0 Å². The maximum atomic E-state index is 11.5. The highest BCUT2D eigenvalue weighted by molar-refractivity contribution is 5.88. The number of amides is 2. The highest BCUT2D eigenvalue weighted by atomic mass is 16.5. The van der Waals surface area contributed by atoms with Gasteiger partial charge < -0.3 is 19.7 Å². The molecule has 1 aliphatic carbocycles. The standard InChI is InChI=1S/C11H17N3O4/c1-2-17-8-5-11(16,6-8)7-12-10(15)13-9-3-4-18-14-9/h3-4,8,16H,2,5-7H2,1H3,(H2,12,13,14,15). The largest absolute Gasteiger partial charge is 0.388 e. The summed E-state index contributed by atoms with van der Waals surface area (Å²) < 4.78 is 9.93. The van der Waals surface area contributed by atoms with Gasteiger partial charge >= 0.3 is 6.03 Å². The third kappa shape index (κ3) is 3.21. The monoisotopic (exact) mass is 255 g/mol. The highest BCUT2D eigenvalue weighted by Crippen LogP contribution is 2.33. The first kappa shape index (κ1) is 12.8. The molecule has 0 spiro atoms. The van der Waals surface area contributed by atoms with Crippen LogP contribution in [0.3, 0.4) is 0 Å². The zero-order valence-corrected chi connectivity index (χ0v) is 10.2. The summed E-state index contributed by atoms with van der Waals surface area (Å²) >= 11 is 0. The molecule has 0 bridgehead atoms. The van der Waals surface area contributed by atoms with Crippen molar-refractivity contribution in [1.82, 2.24) is 10.5 Å². The normalized spacial score (nSPS) is 26.4. The molecule has 7 nitrogen and oxygen atoms in total. The van der Waals surface area contributed by atoms with Gasteiger partial charge in [-0.05, 0) is 6.92 Å². The van der Waals surface area contributed by atoms with E-state index in [0.29, 0.717) is 25.3 Å². The van der Waals surface area contributed by atoms with Gasteiger partial charge in [0.2, 0.25) is 0 Å². The van der Waals surface area contributed by atoms with Gasteiger partial charge in [0.05, 0.1) is 11.7 Å². The predicted octanol–water partition coefficient (Wildman–Crippen LogP) is 0.726. The molecule has 1 heterocycles. The number of nitrogens with one attached hydrogen (secondary N) is 2. The summed E-state index contributed by atoms with van der Waals surface area (Å²) in [4.78, 5) is 11.5. The molecule has 18 heavy (non-hydrogen) atoms. The molecule has 1 fully saturated rings. The van der Waals surface area contributed by atoms with E-state index in [2.05, 4.69) is 20.3 Å². The minimum absolute atomic E-state index is 0.0976. The fourth-order valence-electron chi connectivity index (χ4n) is 1.97. The van der Waals surface area contributed by atoms with Gasteiger partial charge in [-0.3, -0.25) is 5.32 Å². The Morgan fingerprint density at radius 2 is 2.50 bits per heavy atom. The number of hydrogen-bond acceptors (Lipinski definition) is 5. The first-order valence-corrected chi connectivity index (χ1v) is 5.90. The maximum absolute atomic E-state index is 11.5. The van der Waals surface area contributed by atoms with Crippen LogP contribution in [-0.4, -0.2) is 41.2 Å². The lowest BCUT2D eigenvalue weighted by atomic mass is 9.77. The highest BCUT2D eigenvalue weighted by Gasteiger charge is 2.43. The van der Waals surface area contributed by atoms with Crippen LogP contribution in [0.5, 0.6) is 0 Å². The van der Waals surface area contributed by atoms with E-state index in [4.69, 9.17) is 4.74 Å². The van der Waals surface area contributed by atoms with E-state index in [1.807, 2.05) is 6.92 Å².